The standard InChI is InChI=1S/C10H15N2/c1-4-6-11-8-9-12(7-5-2)10(11)3/h4-5,8-9H,1-2,6-7H2,3H3/q+1. The third kappa shape index (κ3) is 1.64. The molecule has 0 fully saturated rings. The highest BCUT2D eigenvalue weighted by Gasteiger charge is 2.08. The predicted octanol–water partition coefficient (Wildman–Crippen LogP) is 1.46. The molecule has 0 saturated heterocycles. The van der Waals surface area contributed by atoms with Gasteiger partial charge in [0.1, 0.15) is 25.5 Å². The first-order valence-electron chi connectivity index (χ1n) is 4.06. The molecule has 2 heteroatoms. The lowest BCUT2D eigenvalue weighted by Gasteiger charge is -1.94. The van der Waals surface area contributed by atoms with Crippen LogP contribution in [0.3, 0.4) is 0 Å². The molecule has 12 heavy (non-hydrogen) atoms. The summed E-state index contributed by atoms with van der Waals surface area (Å²) in [4.78, 5) is 0. The monoisotopic (exact) mass is 163 g/mol. The van der Waals surface area contributed by atoms with E-state index in [1.165, 1.54) is 5.82 Å². The number of hydrogen-bond donors (Lipinski definition) is 0. The van der Waals surface area contributed by atoms with Gasteiger partial charge in [-0.3, -0.25) is 0 Å². The third-order valence-electron chi connectivity index (χ3n) is 1.91. The molecule has 64 valence electrons. The van der Waals surface area contributed by atoms with E-state index in [9.17, 15) is 0 Å². The predicted molar refractivity (Wildman–Crippen MR) is 49.8 cm³/mol. The lowest BCUT2D eigenvalue weighted by molar-refractivity contribution is -0.692. The van der Waals surface area contributed by atoms with Crippen molar-refractivity contribution in [3.8, 4) is 0 Å². The van der Waals surface area contributed by atoms with Gasteiger partial charge in [-0.15, -0.1) is 0 Å². The van der Waals surface area contributed by atoms with E-state index in [0.29, 0.717) is 0 Å². The fourth-order valence-corrected chi connectivity index (χ4v) is 1.21. The lowest BCUT2D eigenvalue weighted by atomic mass is 10.5. The van der Waals surface area contributed by atoms with Crippen LogP contribution in [0.1, 0.15) is 5.82 Å². The number of hydrogen-bond acceptors (Lipinski definition) is 0. The maximum atomic E-state index is 3.70. The Hall–Kier alpha value is -1.31. The van der Waals surface area contributed by atoms with Crippen LogP contribution >= 0.6 is 0 Å². The van der Waals surface area contributed by atoms with Gasteiger partial charge in [-0.25, -0.2) is 9.13 Å². The Morgan fingerprint density at radius 1 is 1.50 bits per heavy atom. The van der Waals surface area contributed by atoms with Gasteiger partial charge in [0, 0.05) is 6.92 Å². The van der Waals surface area contributed by atoms with E-state index in [-0.39, 0.29) is 0 Å². The Labute approximate surface area is 73.5 Å². The summed E-state index contributed by atoms with van der Waals surface area (Å²) in [5.74, 6) is 1.23. The first kappa shape index (κ1) is 8.78. The van der Waals surface area contributed by atoms with E-state index < -0.39 is 0 Å². The second-order valence-corrected chi connectivity index (χ2v) is 2.73. The van der Waals surface area contributed by atoms with E-state index in [2.05, 4.69) is 41.6 Å². The highest BCUT2D eigenvalue weighted by atomic mass is 15.1. The number of aromatic nitrogens is 2. The van der Waals surface area contributed by atoms with Gasteiger partial charge in [0.05, 0.1) is 0 Å². The van der Waals surface area contributed by atoms with Gasteiger partial charge in [-0.1, -0.05) is 25.3 Å². The highest BCUT2D eigenvalue weighted by molar-refractivity contribution is 4.84. The van der Waals surface area contributed by atoms with E-state index >= 15 is 0 Å². The molecule has 0 radical (unpaired) electrons. The fourth-order valence-electron chi connectivity index (χ4n) is 1.21. The van der Waals surface area contributed by atoms with Gasteiger partial charge in [0.15, 0.2) is 0 Å². The van der Waals surface area contributed by atoms with Crippen LogP contribution in [0.25, 0.3) is 0 Å². The van der Waals surface area contributed by atoms with Crippen molar-refractivity contribution in [3.63, 3.8) is 0 Å². The fraction of sp³-hybridized carbons (Fsp3) is 0.300. The topological polar surface area (TPSA) is 8.81 Å². The van der Waals surface area contributed by atoms with Crippen LogP contribution in [0.15, 0.2) is 37.7 Å². The first-order chi connectivity index (χ1) is 5.79. The first-order valence-corrected chi connectivity index (χ1v) is 4.06. The zero-order valence-electron chi connectivity index (χ0n) is 7.53. The van der Waals surface area contributed by atoms with Gasteiger partial charge in [-0.05, 0) is 0 Å². The van der Waals surface area contributed by atoms with Gasteiger partial charge < -0.3 is 0 Å². The summed E-state index contributed by atoms with van der Waals surface area (Å²) in [6.45, 7) is 11.2. The molecule has 2 nitrogen and oxygen atoms in total. The Morgan fingerprint density at radius 3 is 2.83 bits per heavy atom. The minimum Gasteiger partial charge on any atom is -0.231 e. The summed E-state index contributed by atoms with van der Waals surface area (Å²) < 4.78 is 4.30. The molecule has 0 aliphatic rings. The molecule has 0 N–H and O–H groups in total. The molecule has 1 aromatic rings. The van der Waals surface area contributed by atoms with Crippen LogP contribution in [-0.2, 0) is 13.1 Å². The number of imidazole rings is 1. The molecule has 0 saturated carbocycles. The number of rotatable bonds is 4. The summed E-state index contributed by atoms with van der Waals surface area (Å²) in [6.07, 6.45) is 7.90. The zero-order chi connectivity index (χ0) is 8.97. The quantitative estimate of drug-likeness (QED) is 0.469. The van der Waals surface area contributed by atoms with Gasteiger partial charge in [-0.2, -0.15) is 0 Å². The van der Waals surface area contributed by atoms with Crippen molar-refractivity contribution in [2.45, 2.75) is 20.0 Å². The molecule has 1 rings (SSSR count). The molecule has 0 aliphatic carbocycles. The van der Waals surface area contributed by atoms with Crippen LogP contribution < -0.4 is 4.57 Å². The van der Waals surface area contributed by atoms with E-state index in [4.69, 9.17) is 0 Å². The highest BCUT2D eigenvalue weighted by Crippen LogP contribution is 1.93. The minimum atomic E-state index is 0.871. The van der Waals surface area contributed by atoms with E-state index in [1.807, 2.05) is 12.2 Å². The van der Waals surface area contributed by atoms with Crippen LogP contribution in [0.4, 0.5) is 0 Å². The second kappa shape index (κ2) is 3.90. The summed E-state index contributed by atoms with van der Waals surface area (Å²) in [5.41, 5.74) is 0. The number of allylic oxidation sites excluding steroid dienone is 2. The van der Waals surface area contributed by atoms with Crippen molar-refractivity contribution in [1.29, 1.82) is 0 Å². The molecule has 0 aromatic carbocycles. The van der Waals surface area contributed by atoms with Crippen LogP contribution in [0, 0.1) is 6.92 Å². The van der Waals surface area contributed by atoms with Crippen molar-refractivity contribution in [2.24, 2.45) is 0 Å². The van der Waals surface area contributed by atoms with Crippen molar-refractivity contribution in [2.75, 3.05) is 0 Å². The Kier molecular flexibility index (Phi) is 2.86. The Morgan fingerprint density at radius 2 is 2.25 bits per heavy atom. The van der Waals surface area contributed by atoms with Crippen LogP contribution in [-0.4, -0.2) is 4.57 Å². The molecule has 0 atom stereocenters. The Balaban J connectivity index is 2.87. The van der Waals surface area contributed by atoms with Gasteiger partial charge in [0.25, 0.3) is 5.82 Å². The molecule has 0 spiro atoms. The average Bonchev–Trinajstić information content (AvgIpc) is 2.38. The Bertz CT molecular complexity index is 257. The second-order valence-electron chi connectivity index (χ2n) is 2.73. The lowest BCUT2D eigenvalue weighted by Crippen LogP contribution is -2.34. The van der Waals surface area contributed by atoms with Crippen molar-refractivity contribution in [1.82, 2.24) is 4.57 Å². The van der Waals surface area contributed by atoms with Gasteiger partial charge >= 0.3 is 0 Å². The molecular weight excluding hydrogens is 148 g/mol. The van der Waals surface area contributed by atoms with E-state index in [1.54, 1.807) is 0 Å². The SMILES string of the molecule is C=CCn1cc[n+](CC=C)c1C. The largest absolute Gasteiger partial charge is 0.253 e. The summed E-state index contributed by atoms with van der Waals surface area (Å²) in [6, 6.07) is 0. The summed E-state index contributed by atoms with van der Waals surface area (Å²) in [7, 11) is 0. The smallest absolute Gasteiger partial charge is 0.231 e. The maximum absolute atomic E-state index is 3.70. The number of nitrogens with zero attached hydrogens (tertiary/aromatic N) is 2. The molecule has 1 heterocycles. The van der Waals surface area contributed by atoms with Crippen molar-refractivity contribution < 1.29 is 4.57 Å². The molecule has 0 amide bonds. The van der Waals surface area contributed by atoms with E-state index in [0.717, 1.165) is 13.1 Å². The molecule has 0 bridgehead atoms. The van der Waals surface area contributed by atoms with Gasteiger partial charge in [0.2, 0.25) is 0 Å². The summed E-state index contributed by atoms with van der Waals surface area (Å²) in [5, 5.41) is 0. The minimum absolute atomic E-state index is 0.871. The van der Waals surface area contributed by atoms with Crippen LogP contribution in [0.5, 0.6) is 0 Å². The molecular formula is C10H15N2+. The molecule has 0 aliphatic heterocycles. The van der Waals surface area contributed by atoms with Crippen molar-refractivity contribution in [3.05, 3.63) is 43.5 Å². The van der Waals surface area contributed by atoms with Crippen molar-refractivity contribution >= 4 is 0 Å². The summed E-state index contributed by atoms with van der Waals surface area (Å²) >= 11 is 0. The average molecular weight is 163 g/mol. The van der Waals surface area contributed by atoms with Crippen LogP contribution in [0.2, 0.25) is 0 Å². The third-order valence-corrected chi connectivity index (χ3v) is 1.91. The molecule has 0 unspecified atom stereocenters. The zero-order valence-corrected chi connectivity index (χ0v) is 7.53. The molecule has 1 aromatic heterocycles. The normalized spacial score (nSPS) is 9.75. The maximum Gasteiger partial charge on any atom is 0.253 e.